The van der Waals surface area contributed by atoms with Crippen molar-refractivity contribution >= 4 is 9.84 Å². The SMILES string of the molecule is CC(C)(C)S(=O)(=O)CCCCCCCc1ccc(C(F)(F)F)cn1. The van der Waals surface area contributed by atoms with Gasteiger partial charge in [-0.3, -0.25) is 4.98 Å². The van der Waals surface area contributed by atoms with Crippen LogP contribution in [0.3, 0.4) is 0 Å². The number of aryl methyl sites for hydroxylation is 1. The zero-order valence-electron chi connectivity index (χ0n) is 14.5. The van der Waals surface area contributed by atoms with Crippen molar-refractivity contribution in [3.8, 4) is 0 Å². The molecular weight excluding hydrogens is 339 g/mol. The number of hydrogen-bond acceptors (Lipinski definition) is 3. The van der Waals surface area contributed by atoms with Gasteiger partial charge in [-0.05, 0) is 52.2 Å². The molecule has 0 spiro atoms. The summed E-state index contributed by atoms with van der Waals surface area (Å²) in [6.07, 6.45) is 1.32. The lowest BCUT2D eigenvalue weighted by molar-refractivity contribution is -0.137. The third-order valence-corrected chi connectivity index (χ3v) is 6.62. The average molecular weight is 365 g/mol. The van der Waals surface area contributed by atoms with E-state index in [0.717, 1.165) is 37.9 Å². The van der Waals surface area contributed by atoms with Crippen molar-refractivity contribution in [2.45, 2.75) is 70.2 Å². The topological polar surface area (TPSA) is 47.0 Å². The number of pyridine rings is 1. The molecule has 0 N–H and O–H groups in total. The highest BCUT2D eigenvalue weighted by atomic mass is 32.2. The molecule has 0 saturated carbocycles. The number of aromatic nitrogens is 1. The minimum absolute atomic E-state index is 0.205. The van der Waals surface area contributed by atoms with E-state index in [0.29, 0.717) is 18.5 Å². The smallest absolute Gasteiger partial charge is 0.261 e. The van der Waals surface area contributed by atoms with Gasteiger partial charge in [-0.25, -0.2) is 8.42 Å². The van der Waals surface area contributed by atoms with Gasteiger partial charge < -0.3 is 0 Å². The molecule has 1 heterocycles. The van der Waals surface area contributed by atoms with Gasteiger partial charge in [0.15, 0.2) is 9.84 Å². The van der Waals surface area contributed by atoms with Gasteiger partial charge >= 0.3 is 6.18 Å². The van der Waals surface area contributed by atoms with E-state index in [1.54, 1.807) is 20.8 Å². The Hall–Kier alpha value is -1.11. The molecule has 0 radical (unpaired) electrons. The highest BCUT2D eigenvalue weighted by Gasteiger charge is 2.30. The molecule has 1 rings (SSSR count). The van der Waals surface area contributed by atoms with Crippen molar-refractivity contribution in [1.29, 1.82) is 0 Å². The molecule has 0 saturated heterocycles. The second-order valence-electron chi connectivity index (χ2n) is 6.98. The first-order chi connectivity index (χ1) is 10.9. The Bertz CT molecular complexity index is 602. The molecule has 0 unspecified atom stereocenters. The summed E-state index contributed by atoms with van der Waals surface area (Å²) in [6.45, 7) is 5.12. The van der Waals surface area contributed by atoms with Gasteiger partial charge in [0, 0.05) is 11.9 Å². The molecule has 0 aliphatic carbocycles. The first kappa shape index (κ1) is 20.9. The van der Waals surface area contributed by atoms with Crippen molar-refractivity contribution in [1.82, 2.24) is 4.98 Å². The van der Waals surface area contributed by atoms with E-state index in [9.17, 15) is 21.6 Å². The van der Waals surface area contributed by atoms with Crippen LogP contribution in [0.5, 0.6) is 0 Å². The second-order valence-corrected chi connectivity index (χ2v) is 9.85. The van der Waals surface area contributed by atoms with E-state index >= 15 is 0 Å². The second kappa shape index (κ2) is 8.32. The predicted octanol–water partition coefficient (Wildman–Crippen LogP) is 4.81. The summed E-state index contributed by atoms with van der Waals surface area (Å²) in [5.41, 5.74) is -0.0791. The van der Waals surface area contributed by atoms with Gasteiger partial charge in [0.25, 0.3) is 0 Å². The van der Waals surface area contributed by atoms with Crippen LogP contribution in [0.1, 0.15) is 64.1 Å². The molecule has 0 aliphatic rings. The van der Waals surface area contributed by atoms with Gasteiger partial charge in [0.1, 0.15) is 0 Å². The lowest BCUT2D eigenvalue weighted by Crippen LogP contribution is -2.30. The van der Waals surface area contributed by atoms with Crippen LogP contribution >= 0.6 is 0 Å². The van der Waals surface area contributed by atoms with Gasteiger partial charge in [0.05, 0.1) is 16.1 Å². The maximum absolute atomic E-state index is 12.4. The molecule has 0 aliphatic heterocycles. The molecule has 0 amide bonds. The van der Waals surface area contributed by atoms with Crippen molar-refractivity contribution in [3.05, 3.63) is 29.6 Å². The molecular formula is C17H26F3NO2S. The summed E-state index contributed by atoms with van der Waals surface area (Å²) in [6, 6.07) is 2.47. The third-order valence-electron chi connectivity index (χ3n) is 3.93. The highest BCUT2D eigenvalue weighted by Crippen LogP contribution is 2.28. The summed E-state index contributed by atoms with van der Waals surface area (Å²) in [7, 11) is -3.05. The predicted molar refractivity (Wildman–Crippen MR) is 89.6 cm³/mol. The molecule has 1 aromatic heterocycles. The summed E-state index contributed by atoms with van der Waals surface area (Å²) in [5, 5.41) is 0. The van der Waals surface area contributed by atoms with E-state index in [-0.39, 0.29) is 5.75 Å². The number of rotatable bonds is 8. The molecule has 0 aromatic carbocycles. The minimum atomic E-state index is -4.35. The Morgan fingerprint density at radius 2 is 1.54 bits per heavy atom. The Morgan fingerprint density at radius 1 is 0.958 bits per heavy atom. The normalized spacial score (nSPS) is 13.2. The van der Waals surface area contributed by atoms with Crippen molar-refractivity contribution < 1.29 is 21.6 Å². The van der Waals surface area contributed by atoms with Crippen LogP contribution in [0.2, 0.25) is 0 Å². The third kappa shape index (κ3) is 6.79. The standard InChI is InChI=1S/C17H26F3NO2S/c1-16(2,3)24(22,23)12-8-6-4-5-7-9-15-11-10-14(13-21-15)17(18,19)20/h10-11,13H,4-9,12H2,1-3H3. The Kier molecular flexibility index (Phi) is 7.25. The average Bonchev–Trinajstić information content (AvgIpc) is 2.44. The molecule has 0 bridgehead atoms. The first-order valence-electron chi connectivity index (χ1n) is 8.18. The zero-order valence-corrected chi connectivity index (χ0v) is 15.3. The van der Waals surface area contributed by atoms with Crippen LogP contribution < -0.4 is 0 Å². The first-order valence-corrected chi connectivity index (χ1v) is 9.83. The maximum atomic E-state index is 12.4. The van der Waals surface area contributed by atoms with Crippen molar-refractivity contribution in [2.75, 3.05) is 5.75 Å². The Morgan fingerprint density at radius 3 is 2.04 bits per heavy atom. The number of halogens is 3. The fourth-order valence-corrected chi connectivity index (χ4v) is 3.37. The molecule has 1 aromatic rings. The molecule has 138 valence electrons. The largest absolute Gasteiger partial charge is 0.417 e. The number of sulfone groups is 1. The minimum Gasteiger partial charge on any atom is -0.261 e. The fourth-order valence-electron chi connectivity index (χ4n) is 2.17. The van der Waals surface area contributed by atoms with Crippen LogP contribution in [-0.2, 0) is 22.4 Å². The van der Waals surface area contributed by atoms with Crippen LogP contribution in [0.15, 0.2) is 18.3 Å². The highest BCUT2D eigenvalue weighted by molar-refractivity contribution is 7.92. The Balaban J connectivity index is 2.21. The van der Waals surface area contributed by atoms with Gasteiger partial charge in [0.2, 0.25) is 0 Å². The molecule has 7 heteroatoms. The van der Waals surface area contributed by atoms with E-state index in [2.05, 4.69) is 4.98 Å². The van der Waals surface area contributed by atoms with E-state index in [1.165, 1.54) is 6.07 Å². The molecule has 3 nitrogen and oxygen atoms in total. The summed E-state index contributed by atoms with van der Waals surface area (Å²) in [4.78, 5) is 3.84. The molecule has 0 fully saturated rings. The van der Waals surface area contributed by atoms with E-state index < -0.39 is 26.3 Å². The van der Waals surface area contributed by atoms with Crippen LogP contribution in [0.25, 0.3) is 0 Å². The number of unbranched alkanes of at least 4 members (excludes halogenated alkanes) is 4. The summed E-state index contributed by atoms with van der Waals surface area (Å²) in [5.74, 6) is 0.205. The quantitative estimate of drug-likeness (QED) is 0.621. The van der Waals surface area contributed by atoms with E-state index in [1.807, 2.05) is 0 Å². The van der Waals surface area contributed by atoms with Crippen LogP contribution in [0, 0.1) is 0 Å². The Labute approximate surface area is 142 Å². The van der Waals surface area contributed by atoms with Crippen LogP contribution in [-0.4, -0.2) is 23.9 Å². The fraction of sp³-hybridized carbons (Fsp3) is 0.706. The maximum Gasteiger partial charge on any atom is 0.417 e. The monoisotopic (exact) mass is 365 g/mol. The molecule has 24 heavy (non-hydrogen) atoms. The lowest BCUT2D eigenvalue weighted by atomic mass is 10.1. The van der Waals surface area contributed by atoms with Crippen molar-refractivity contribution in [3.63, 3.8) is 0 Å². The van der Waals surface area contributed by atoms with Gasteiger partial charge in [-0.1, -0.05) is 19.3 Å². The van der Waals surface area contributed by atoms with Gasteiger partial charge in [-0.2, -0.15) is 13.2 Å². The summed E-state index contributed by atoms with van der Waals surface area (Å²) < 4.78 is 60.4. The molecule has 0 atom stereocenters. The number of hydrogen-bond donors (Lipinski definition) is 0. The zero-order chi connectivity index (χ0) is 18.4. The van der Waals surface area contributed by atoms with E-state index in [4.69, 9.17) is 0 Å². The van der Waals surface area contributed by atoms with Crippen molar-refractivity contribution in [2.24, 2.45) is 0 Å². The number of alkyl halides is 3. The van der Waals surface area contributed by atoms with Gasteiger partial charge in [-0.15, -0.1) is 0 Å². The number of nitrogens with zero attached hydrogens (tertiary/aromatic N) is 1. The lowest BCUT2D eigenvalue weighted by Gasteiger charge is -2.18. The summed E-state index contributed by atoms with van der Waals surface area (Å²) >= 11 is 0. The van der Waals surface area contributed by atoms with Crippen LogP contribution in [0.4, 0.5) is 13.2 Å².